The Morgan fingerprint density at radius 2 is 2.33 bits per heavy atom. The molecule has 12 heavy (non-hydrogen) atoms. The highest BCUT2D eigenvalue weighted by Gasteiger charge is 2.25. The average Bonchev–Trinajstić information content (AvgIpc) is 2.30. The molecule has 0 saturated heterocycles. The van der Waals surface area contributed by atoms with Crippen LogP contribution in [0.15, 0.2) is 23.8 Å². The summed E-state index contributed by atoms with van der Waals surface area (Å²) in [7, 11) is 0. The number of carbonyl (C=O) groups is 1. The van der Waals surface area contributed by atoms with E-state index in [1.807, 2.05) is 0 Å². The van der Waals surface area contributed by atoms with Crippen LogP contribution in [0, 0.1) is 11.8 Å². The molecule has 2 aliphatic rings. The Morgan fingerprint density at radius 1 is 1.50 bits per heavy atom. The van der Waals surface area contributed by atoms with Crippen molar-refractivity contribution >= 4 is 5.78 Å². The van der Waals surface area contributed by atoms with E-state index in [1.54, 1.807) is 6.92 Å². The van der Waals surface area contributed by atoms with Crippen molar-refractivity contribution in [3.8, 4) is 0 Å². The molecule has 0 spiro atoms. The van der Waals surface area contributed by atoms with Crippen LogP contribution >= 0.6 is 0 Å². The van der Waals surface area contributed by atoms with Gasteiger partial charge in [0.2, 0.25) is 0 Å². The highest BCUT2D eigenvalue weighted by atomic mass is 16.1. The first-order chi connectivity index (χ1) is 5.77. The van der Waals surface area contributed by atoms with Crippen LogP contribution in [0.5, 0.6) is 0 Å². The smallest absolute Gasteiger partial charge is 0.156 e. The minimum Gasteiger partial charge on any atom is -0.295 e. The van der Waals surface area contributed by atoms with Gasteiger partial charge in [-0.3, -0.25) is 4.79 Å². The van der Waals surface area contributed by atoms with Gasteiger partial charge in [0.25, 0.3) is 0 Å². The minimum atomic E-state index is 0.257. The Kier molecular flexibility index (Phi) is 1.87. The normalized spacial score (nSPS) is 32.9. The Balaban J connectivity index is 2.26. The standard InChI is InChI=1S/C11H14O/c1-8(12)11-4-2-3-9-5-6-10(11)7-9/h4-6,9-10H,2-3,7H2,1H3. The maximum atomic E-state index is 11.2. The van der Waals surface area contributed by atoms with E-state index in [1.165, 1.54) is 12.8 Å². The van der Waals surface area contributed by atoms with E-state index < -0.39 is 0 Å². The first-order valence-corrected chi connectivity index (χ1v) is 4.66. The van der Waals surface area contributed by atoms with Crippen LogP contribution in [-0.2, 0) is 4.79 Å². The van der Waals surface area contributed by atoms with Crippen molar-refractivity contribution in [3.63, 3.8) is 0 Å². The van der Waals surface area contributed by atoms with Crippen LogP contribution in [0.4, 0.5) is 0 Å². The lowest BCUT2D eigenvalue weighted by Gasteiger charge is -2.08. The first kappa shape index (κ1) is 7.78. The number of fused-ring (bicyclic) bond motifs is 2. The van der Waals surface area contributed by atoms with E-state index in [0.717, 1.165) is 17.9 Å². The average molecular weight is 162 g/mol. The highest BCUT2D eigenvalue weighted by molar-refractivity contribution is 5.94. The summed E-state index contributed by atoms with van der Waals surface area (Å²) in [6.07, 6.45) is 10.1. The Hall–Kier alpha value is -0.850. The van der Waals surface area contributed by atoms with Crippen molar-refractivity contribution < 1.29 is 4.79 Å². The fourth-order valence-corrected chi connectivity index (χ4v) is 2.23. The molecule has 0 aromatic rings. The maximum absolute atomic E-state index is 11.2. The number of ketones is 1. The van der Waals surface area contributed by atoms with Gasteiger partial charge in [-0.2, -0.15) is 0 Å². The second-order valence-corrected chi connectivity index (χ2v) is 3.78. The third kappa shape index (κ3) is 1.24. The molecule has 1 heteroatoms. The second-order valence-electron chi connectivity index (χ2n) is 3.78. The molecule has 0 N–H and O–H groups in total. The first-order valence-electron chi connectivity index (χ1n) is 4.66. The summed E-state index contributed by atoms with van der Waals surface area (Å²) >= 11 is 0. The Bertz CT molecular complexity index is 260. The SMILES string of the molecule is CC(=O)C1=CCCC2C=CC1C2. The second kappa shape index (κ2) is 2.89. The van der Waals surface area contributed by atoms with Gasteiger partial charge in [-0.05, 0) is 37.7 Å². The van der Waals surface area contributed by atoms with Crippen LogP contribution < -0.4 is 0 Å². The minimum absolute atomic E-state index is 0.257. The molecule has 0 aromatic carbocycles. The van der Waals surface area contributed by atoms with Gasteiger partial charge in [0.1, 0.15) is 0 Å². The monoisotopic (exact) mass is 162 g/mol. The van der Waals surface area contributed by atoms with Crippen molar-refractivity contribution in [2.24, 2.45) is 11.8 Å². The zero-order chi connectivity index (χ0) is 8.55. The molecule has 0 fully saturated rings. The Labute approximate surface area is 73.2 Å². The fourth-order valence-electron chi connectivity index (χ4n) is 2.23. The van der Waals surface area contributed by atoms with Gasteiger partial charge in [0, 0.05) is 5.92 Å². The lowest BCUT2D eigenvalue weighted by Crippen LogP contribution is -2.06. The summed E-state index contributed by atoms with van der Waals surface area (Å²) in [6.45, 7) is 1.68. The number of rotatable bonds is 1. The lowest BCUT2D eigenvalue weighted by molar-refractivity contribution is -0.114. The van der Waals surface area contributed by atoms with E-state index in [4.69, 9.17) is 0 Å². The van der Waals surface area contributed by atoms with Gasteiger partial charge in [-0.15, -0.1) is 0 Å². The van der Waals surface area contributed by atoms with E-state index in [9.17, 15) is 4.79 Å². The molecule has 0 aromatic heterocycles. The molecular weight excluding hydrogens is 148 g/mol. The zero-order valence-corrected chi connectivity index (χ0v) is 7.42. The molecule has 64 valence electrons. The van der Waals surface area contributed by atoms with Crippen molar-refractivity contribution in [1.82, 2.24) is 0 Å². The molecule has 2 atom stereocenters. The molecule has 0 radical (unpaired) electrons. The third-order valence-electron chi connectivity index (χ3n) is 2.88. The Morgan fingerprint density at radius 3 is 3.08 bits per heavy atom. The van der Waals surface area contributed by atoms with Crippen molar-refractivity contribution in [3.05, 3.63) is 23.8 Å². The molecule has 0 heterocycles. The topological polar surface area (TPSA) is 17.1 Å². The third-order valence-corrected chi connectivity index (χ3v) is 2.88. The van der Waals surface area contributed by atoms with Crippen molar-refractivity contribution in [2.75, 3.05) is 0 Å². The van der Waals surface area contributed by atoms with Crippen molar-refractivity contribution in [1.29, 1.82) is 0 Å². The van der Waals surface area contributed by atoms with E-state index in [-0.39, 0.29) is 5.78 Å². The summed E-state index contributed by atoms with van der Waals surface area (Å²) in [6, 6.07) is 0. The molecule has 2 aliphatic carbocycles. The summed E-state index contributed by atoms with van der Waals surface area (Å²) in [4.78, 5) is 11.2. The predicted molar refractivity (Wildman–Crippen MR) is 48.7 cm³/mol. The summed E-state index contributed by atoms with van der Waals surface area (Å²) < 4.78 is 0. The molecular formula is C11H14O. The van der Waals surface area contributed by atoms with Crippen LogP contribution in [0.1, 0.15) is 26.2 Å². The largest absolute Gasteiger partial charge is 0.295 e. The van der Waals surface area contributed by atoms with E-state index in [0.29, 0.717) is 5.92 Å². The number of hydrogen-bond acceptors (Lipinski definition) is 1. The van der Waals surface area contributed by atoms with Gasteiger partial charge in [0.15, 0.2) is 5.78 Å². The van der Waals surface area contributed by atoms with Gasteiger partial charge in [-0.1, -0.05) is 18.2 Å². The van der Waals surface area contributed by atoms with Crippen LogP contribution in [0.2, 0.25) is 0 Å². The summed E-state index contributed by atoms with van der Waals surface area (Å²) in [5, 5.41) is 0. The molecule has 0 saturated carbocycles. The van der Waals surface area contributed by atoms with Gasteiger partial charge in [0.05, 0.1) is 0 Å². The molecule has 2 bridgehead atoms. The predicted octanol–water partition coefficient (Wildman–Crippen LogP) is 2.49. The lowest BCUT2D eigenvalue weighted by atomic mass is 9.95. The van der Waals surface area contributed by atoms with Gasteiger partial charge in [-0.25, -0.2) is 0 Å². The zero-order valence-electron chi connectivity index (χ0n) is 7.42. The number of hydrogen-bond donors (Lipinski definition) is 0. The molecule has 1 nitrogen and oxygen atoms in total. The quantitative estimate of drug-likeness (QED) is 0.541. The van der Waals surface area contributed by atoms with E-state index in [2.05, 4.69) is 18.2 Å². The summed E-state index contributed by atoms with van der Waals surface area (Å²) in [5.41, 5.74) is 1.05. The molecule has 2 rings (SSSR count). The highest BCUT2D eigenvalue weighted by Crippen LogP contribution is 2.35. The van der Waals surface area contributed by atoms with E-state index >= 15 is 0 Å². The fraction of sp³-hybridized carbons (Fsp3) is 0.545. The number of carbonyl (C=O) groups excluding carboxylic acids is 1. The number of Topliss-reactive ketones (excluding diaryl/α,β-unsaturated/α-hetero) is 1. The van der Waals surface area contributed by atoms with Gasteiger partial charge < -0.3 is 0 Å². The number of allylic oxidation sites excluding steroid dienone is 4. The maximum Gasteiger partial charge on any atom is 0.156 e. The van der Waals surface area contributed by atoms with Crippen LogP contribution in [0.3, 0.4) is 0 Å². The molecule has 0 amide bonds. The molecule has 0 aliphatic heterocycles. The van der Waals surface area contributed by atoms with Crippen LogP contribution in [-0.4, -0.2) is 5.78 Å². The van der Waals surface area contributed by atoms with Gasteiger partial charge >= 0.3 is 0 Å². The van der Waals surface area contributed by atoms with Crippen molar-refractivity contribution in [2.45, 2.75) is 26.2 Å². The molecule has 2 unspecified atom stereocenters. The summed E-state index contributed by atoms with van der Waals surface area (Å²) in [5.74, 6) is 1.44. The van der Waals surface area contributed by atoms with Crippen LogP contribution in [0.25, 0.3) is 0 Å².